The van der Waals surface area contributed by atoms with E-state index in [2.05, 4.69) is 4.72 Å². The smallest absolute Gasteiger partial charge is 0.250 e. The van der Waals surface area contributed by atoms with E-state index in [1.54, 1.807) is 17.5 Å². The van der Waals surface area contributed by atoms with Gasteiger partial charge in [-0.25, -0.2) is 13.1 Å². The molecule has 0 saturated carbocycles. The molecule has 1 atom stereocenters. The first-order valence-electron chi connectivity index (χ1n) is 4.21. The minimum absolute atomic E-state index is 0.179. The Morgan fingerprint density at radius 1 is 1.67 bits per heavy atom. The summed E-state index contributed by atoms with van der Waals surface area (Å²) < 4.78 is 31.1. The van der Waals surface area contributed by atoms with Crippen LogP contribution in [0.2, 0.25) is 0 Å². The van der Waals surface area contributed by atoms with E-state index in [0.717, 1.165) is 0 Å². The van der Waals surface area contributed by atoms with Crippen LogP contribution < -0.4 is 4.72 Å². The molecule has 1 aromatic heterocycles. The van der Waals surface area contributed by atoms with Gasteiger partial charge in [-0.2, -0.15) is 0 Å². The van der Waals surface area contributed by atoms with Crippen LogP contribution in [0.25, 0.3) is 0 Å². The Balaban J connectivity index is 2.72. The fraction of sp³-hybridized carbons (Fsp3) is 0.500. The van der Waals surface area contributed by atoms with Gasteiger partial charge < -0.3 is 4.74 Å². The highest BCUT2D eigenvalue weighted by molar-refractivity contribution is 7.91. The lowest BCUT2D eigenvalue weighted by Crippen LogP contribution is -2.38. The maximum atomic E-state index is 11.7. The predicted octanol–water partition coefficient (Wildman–Crippen LogP) is 1.28. The van der Waals surface area contributed by atoms with Crippen LogP contribution in [0.15, 0.2) is 21.7 Å². The molecule has 0 amide bonds. The number of halogens is 1. The van der Waals surface area contributed by atoms with Crippen molar-refractivity contribution in [1.29, 1.82) is 0 Å². The summed E-state index contributed by atoms with van der Waals surface area (Å²) in [6.45, 7) is 0.258. The molecule has 7 heteroatoms. The van der Waals surface area contributed by atoms with Crippen LogP contribution in [-0.2, 0) is 14.8 Å². The molecule has 0 aliphatic carbocycles. The molecular weight excluding hydrogens is 258 g/mol. The van der Waals surface area contributed by atoms with Gasteiger partial charge in [-0.05, 0) is 11.4 Å². The van der Waals surface area contributed by atoms with Crippen molar-refractivity contribution in [3.05, 3.63) is 17.5 Å². The fourth-order valence-corrected chi connectivity index (χ4v) is 3.49. The molecule has 0 spiro atoms. The summed E-state index contributed by atoms with van der Waals surface area (Å²) >= 11 is 6.78. The van der Waals surface area contributed by atoms with Gasteiger partial charge in [0, 0.05) is 13.0 Å². The van der Waals surface area contributed by atoms with Crippen molar-refractivity contribution in [3.8, 4) is 0 Å². The number of ether oxygens (including phenoxy) is 1. The van der Waals surface area contributed by atoms with Crippen LogP contribution in [-0.4, -0.2) is 34.1 Å². The van der Waals surface area contributed by atoms with Gasteiger partial charge in [0.15, 0.2) is 0 Å². The Morgan fingerprint density at radius 2 is 2.40 bits per heavy atom. The van der Waals surface area contributed by atoms with Crippen molar-refractivity contribution in [2.75, 3.05) is 19.6 Å². The highest BCUT2D eigenvalue weighted by Gasteiger charge is 2.19. The minimum atomic E-state index is -3.45. The van der Waals surface area contributed by atoms with Crippen LogP contribution >= 0.6 is 22.9 Å². The lowest BCUT2D eigenvalue weighted by molar-refractivity contribution is 0.181. The first-order chi connectivity index (χ1) is 7.10. The van der Waals surface area contributed by atoms with Gasteiger partial charge in [0.25, 0.3) is 0 Å². The summed E-state index contributed by atoms with van der Waals surface area (Å²) in [7, 11) is -1.95. The predicted molar refractivity (Wildman–Crippen MR) is 61.0 cm³/mol. The number of hydrogen-bond acceptors (Lipinski definition) is 4. The molecular formula is C8H12ClNO3S2. The van der Waals surface area contributed by atoms with Crippen LogP contribution in [0.3, 0.4) is 0 Å². The summed E-state index contributed by atoms with van der Waals surface area (Å²) in [5.74, 6) is 0.179. The van der Waals surface area contributed by atoms with E-state index in [1.807, 2.05) is 0 Å². The first-order valence-corrected chi connectivity index (χ1v) is 7.10. The van der Waals surface area contributed by atoms with Gasteiger partial charge in [0.05, 0.1) is 12.6 Å². The number of methoxy groups -OCH3 is 1. The van der Waals surface area contributed by atoms with Crippen molar-refractivity contribution in [3.63, 3.8) is 0 Å². The highest BCUT2D eigenvalue weighted by atomic mass is 35.5. The van der Waals surface area contributed by atoms with Gasteiger partial charge in [-0.15, -0.1) is 22.9 Å². The zero-order valence-corrected chi connectivity index (χ0v) is 10.5. The van der Waals surface area contributed by atoms with Crippen molar-refractivity contribution in [2.24, 2.45) is 0 Å². The minimum Gasteiger partial charge on any atom is -0.383 e. The molecule has 1 aromatic rings. The lowest BCUT2D eigenvalue weighted by Gasteiger charge is -2.14. The number of nitrogens with one attached hydrogen (secondary N) is 1. The molecule has 86 valence electrons. The standard InChI is InChI=1S/C8H12ClNO3S2/c1-13-6-7(5-9)10-15(11,12)8-3-2-4-14-8/h2-4,7,10H,5-6H2,1H3. The summed E-state index contributed by atoms with van der Waals surface area (Å²) in [4.78, 5) is 0. The molecule has 1 heterocycles. The first kappa shape index (κ1) is 12.9. The van der Waals surface area contributed by atoms with Gasteiger partial charge >= 0.3 is 0 Å². The molecule has 0 radical (unpaired) electrons. The van der Waals surface area contributed by atoms with Crippen LogP contribution in [0.5, 0.6) is 0 Å². The summed E-state index contributed by atoms with van der Waals surface area (Å²) in [6.07, 6.45) is 0. The monoisotopic (exact) mass is 269 g/mol. The van der Waals surface area contributed by atoms with Gasteiger partial charge in [0.2, 0.25) is 10.0 Å². The topological polar surface area (TPSA) is 55.4 Å². The van der Waals surface area contributed by atoms with E-state index in [9.17, 15) is 8.42 Å². The quantitative estimate of drug-likeness (QED) is 0.792. The third kappa shape index (κ3) is 3.73. The lowest BCUT2D eigenvalue weighted by atomic mass is 10.4. The highest BCUT2D eigenvalue weighted by Crippen LogP contribution is 2.15. The fourth-order valence-electron chi connectivity index (χ4n) is 1.01. The molecule has 1 unspecified atom stereocenters. The van der Waals surface area contributed by atoms with Gasteiger partial charge in [0.1, 0.15) is 4.21 Å². The van der Waals surface area contributed by atoms with Crippen molar-refractivity contribution in [2.45, 2.75) is 10.3 Å². The van der Waals surface area contributed by atoms with Crippen LogP contribution in [0.4, 0.5) is 0 Å². The Labute approximate surface area is 98.3 Å². The van der Waals surface area contributed by atoms with E-state index >= 15 is 0 Å². The van der Waals surface area contributed by atoms with Crippen LogP contribution in [0.1, 0.15) is 0 Å². The number of rotatable bonds is 6. The Hall–Kier alpha value is -0.140. The maximum absolute atomic E-state index is 11.7. The normalized spacial score (nSPS) is 14.0. The Kier molecular flexibility index (Phi) is 5.01. The molecule has 0 aliphatic rings. The number of alkyl halides is 1. The molecule has 0 saturated heterocycles. The van der Waals surface area contributed by atoms with Crippen molar-refractivity contribution >= 4 is 33.0 Å². The molecule has 0 aliphatic heterocycles. The average molecular weight is 270 g/mol. The van der Waals surface area contributed by atoms with E-state index in [-0.39, 0.29) is 16.7 Å². The zero-order valence-electron chi connectivity index (χ0n) is 8.14. The maximum Gasteiger partial charge on any atom is 0.250 e. The average Bonchev–Trinajstić information content (AvgIpc) is 2.70. The largest absolute Gasteiger partial charge is 0.383 e. The molecule has 1 rings (SSSR count). The van der Waals surface area contributed by atoms with E-state index < -0.39 is 16.1 Å². The Morgan fingerprint density at radius 3 is 2.87 bits per heavy atom. The van der Waals surface area contributed by atoms with Gasteiger partial charge in [-0.3, -0.25) is 0 Å². The van der Waals surface area contributed by atoms with Crippen LogP contribution in [0, 0.1) is 0 Å². The molecule has 1 N–H and O–H groups in total. The molecule has 0 bridgehead atoms. The van der Waals surface area contributed by atoms with Crippen molar-refractivity contribution < 1.29 is 13.2 Å². The SMILES string of the molecule is COCC(CCl)NS(=O)(=O)c1cccs1. The van der Waals surface area contributed by atoms with E-state index in [4.69, 9.17) is 16.3 Å². The van der Waals surface area contributed by atoms with Gasteiger partial charge in [-0.1, -0.05) is 6.07 Å². The van der Waals surface area contributed by atoms with Crippen molar-refractivity contribution in [1.82, 2.24) is 4.72 Å². The summed E-state index contributed by atoms with van der Waals surface area (Å²) in [5.41, 5.74) is 0. The second-order valence-electron chi connectivity index (χ2n) is 2.86. The zero-order chi connectivity index (χ0) is 11.3. The molecule has 0 fully saturated rings. The molecule has 15 heavy (non-hydrogen) atoms. The third-order valence-electron chi connectivity index (χ3n) is 1.64. The second kappa shape index (κ2) is 5.81. The Bertz CT molecular complexity index is 377. The number of hydrogen-bond donors (Lipinski definition) is 1. The molecule has 0 aromatic carbocycles. The number of thiophene rings is 1. The number of sulfonamides is 1. The summed E-state index contributed by atoms with van der Waals surface area (Å²) in [6, 6.07) is 2.83. The van der Waals surface area contributed by atoms with E-state index in [0.29, 0.717) is 0 Å². The second-order valence-corrected chi connectivity index (χ2v) is 6.06. The molecule has 4 nitrogen and oxygen atoms in total. The third-order valence-corrected chi connectivity index (χ3v) is 4.93. The summed E-state index contributed by atoms with van der Waals surface area (Å²) in [5, 5.41) is 1.71. The van der Waals surface area contributed by atoms with E-state index in [1.165, 1.54) is 18.4 Å².